The number of benzene rings is 2. The molecule has 50 heavy (non-hydrogen) atoms. The summed E-state index contributed by atoms with van der Waals surface area (Å²) in [7, 11) is 0. The number of pyridine rings is 1. The van der Waals surface area contributed by atoms with Gasteiger partial charge in [-0.15, -0.1) is 0 Å². The third kappa shape index (κ3) is 6.59. The van der Waals surface area contributed by atoms with Gasteiger partial charge in [-0.2, -0.15) is 0 Å². The smallest absolute Gasteiger partial charge is 0.248 e. The highest BCUT2D eigenvalue weighted by Crippen LogP contribution is 2.31. The van der Waals surface area contributed by atoms with E-state index >= 15 is 4.39 Å². The molecule has 5 aromatic rings. The second-order valence-corrected chi connectivity index (χ2v) is 13.5. The Kier molecular flexibility index (Phi) is 8.89. The molecule has 3 aromatic heterocycles. The predicted molar refractivity (Wildman–Crippen MR) is 187 cm³/mol. The van der Waals surface area contributed by atoms with E-state index in [0.29, 0.717) is 47.3 Å². The van der Waals surface area contributed by atoms with Gasteiger partial charge in [0.25, 0.3) is 0 Å². The molecular weight excluding hydrogens is 640 g/mol. The second-order valence-electron chi connectivity index (χ2n) is 13.5. The number of aromatic nitrogens is 5. The van der Waals surface area contributed by atoms with Crippen LogP contribution >= 0.6 is 0 Å². The zero-order chi connectivity index (χ0) is 35.1. The van der Waals surface area contributed by atoms with Gasteiger partial charge in [0.05, 0.1) is 17.6 Å². The van der Waals surface area contributed by atoms with Gasteiger partial charge < -0.3 is 25.4 Å². The van der Waals surface area contributed by atoms with E-state index < -0.39 is 17.5 Å². The molecular formula is C37H39F2N9O2. The monoisotopic (exact) mass is 679 g/mol. The lowest BCUT2D eigenvalue weighted by Gasteiger charge is -2.43. The van der Waals surface area contributed by atoms with Gasteiger partial charge >= 0.3 is 0 Å². The maximum atomic E-state index is 15.1. The van der Waals surface area contributed by atoms with Crippen molar-refractivity contribution in [3.8, 4) is 11.3 Å². The number of primary amides is 1. The van der Waals surface area contributed by atoms with Crippen LogP contribution in [0.1, 0.15) is 54.5 Å². The fourth-order valence-corrected chi connectivity index (χ4v) is 7.05. The van der Waals surface area contributed by atoms with Gasteiger partial charge in [0, 0.05) is 55.2 Å². The van der Waals surface area contributed by atoms with Crippen molar-refractivity contribution >= 4 is 40.3 Å². The average molecular weight is 680 g/mol. The minimum atomic E-state index is -0.666. The van der Waals surface area contributed by atoms with Crippen molar-refractivity contribution < 1.29 is 18.4 Å². The number of halogens is 2. The second kappa shape index (κ2) is 13.4. The minimum absolute atomic E-state index is 0.0172. The van der Waals surface area contributed by atoms with Crippen LogP contribution in [0.25, 0.3) is 22.3 Å². The van der Waals surface area contributed by atoms with Crippen LogP contribution in [0.5, 0.6) is 0 Å². The Labute approximate surface area is 288 Å². The van der Waals surface area contributed by atoms with Crippen molar-refractivity contribution in [2.75, 3.05) is 36.4 Å². The molecule has 5 heterocycles. The summed E-state index contributed by atoms with van der Waals surface area (Å²) in [5.74, 6) is 0.290. The zero-order valence-corrected chi connectivity index (χ0v) is 28.2. The summed E-state index contributed by atoms with van der Waals surface area (Å²) in [5.41, 5.74) is 8.95. The van der Waals surface area contributed by atoms with Crippen LogP contribution in [0.15, 0.2) is 60.9 Å². The highest BCUT2D eigenvalue weighted by molar-refractivity contribution is 5.93. The number of anilines is 3. The Hall–Kier alpha value is -5.46. The maximum Gasteiger partial charge on any atom is 0.248 e. The molecule has 11 nitrogen and oxygen atoms in total. The summed E-state index contributed by atoms with van der Waals surface area (Å²) < 4.78 is 31.9. The van der Waals surface area contributed by atoms with E-state index in [2.05, 4.69) is 30.2 Å². The van der Waals surface area contributed by atoms with E-state index in [1.54, 1.807) is 18.2 Å². The summed E-state index contributed by atoms with van der Waals surface area (Å²) in [6, 6.07) is 14.0. The molecule has 0 saturated carbocycles. The molecule has 2 aliphatic heterocycles. The first-order valence-electron chi connectivity index (χ1n) is 16.9. The first-order chi connectivity index (χ1) is 24.0. The number of fused-ring (bicyclic) bond motifs is 1. The van der Waals surface area contributed by atoms with E-state index in [4.69, 9.17) is 5.73 Å². The number of carbonyl (C=O) groups is 2. The Morgan fingerprint density at radius 2 is 1.70 bits per heavy atom. The van der Waals surface area contributed by atoms with Crippen molar-refractivity contribution in [2.45, 2.75) is 46.1 Å². The number of imidazole rings is 1. The lowest BCUT2D eigenvalue weighted by atomic mass is 9.89. The van der Waals surface area contributed by atoms with Gasteiger partial charge in [0.1, 0.15) is 22.9 Å². The van der Waals surface area contributed by atoms with Crippen molar-refractivity contribution in [1.82, 2.24) is 29.4 Å². The molecule has 7 rings (SSSR count). The number of likely N-dealkylation sites (tertiary alicyclic amines) is 1. The van der Waals surface area contributed by atoms with Crippen LogP contribution in [0.2, 0.25) is 0 Å². The Morgan fingerprint density at radius 3 is 2.36 bits per heavy atom. The van der Waals surface area contributed by atoms with Crippen molar-refractivity contribution in [2.24, 2.45) is 17.6 Å². The topological polar surface area (TPSA) is 135 Å². The number of rotatable bonds is 9. The summed E-state index contributed by atoms with van der Waals surface area (Å²) in [6.07, 6.45) is 5.57. The fourth-order valence-electron chi connectivity index (χ4n) is 7.05. The summed E-state index contributed by atoms with van der Waals surface area (Å²) in [5, 5.41) is 3.04. The number of hydrogen-bond donors (Lipinski definition) is 2. The number of amides is 2. The van der Waals surface area contributed by atoms with Gasteiger partial charge in [-0.25, -0.2) is 28.7 Å². The van der Waals surface area contributed by atoms with E-state index in [-0.39, 0.29) is 35.0 Å². The largest absolute Gasteiger partial charge is 0.370 e. The third-order valence-electron chi connectivity index (χ3n) is 9.72. The molecule has 0 bridgehead atoms. The van der Waals surface area contributed by atoms with Crippen LogP contribution in [-0.4, -0.2) is 67.4 Å². The number of aryl methyl sites for hydroxylation is 1. The van der Waals surface area contributed by atoms with Gasteiger partial charge in [-0.1, -0.05) is 6.07 Å². The lowest BCUT2D eigenvalue weighted by Crippen LogP contribution is -2.55. The molecule has 2 fully saturated rings. The van der Waals surface area contributed by atoms with Crippen LogP contribution in [0.4, 0.5) is 26.2 Å². The van der Waals surface area contributed by atoms with Gasteiger partial charge in [0.2, 0.25) is 17.8 Å². The number of carbonyl (C=O) groups excluding carboxylic acids is 2. The SMILES string of the molecule is Cc1nc2c(F)cc(-c3nc(Nc4ccc(CC5CCN(C(=O)C6CN(c7ccc(C(N)=O)cc7)C6)CC5)cn4)ncc3F)cc2n1C(C)C. The highest BCUT2D eigenvalue weighted by Gasteiger charge is 2.36. The Bertz CT molecular complexity index is 2050. The Morgan fingerprint density at radius 1 is 0.960 bits per heavy atom. The standard InChI is InChI=1S/C37H39F2N9O2/c1-21(2)48-22(3)43-34-29(38)15-26(16-31(34)48)33-30(39)18-42-37(45-33)44-32-9-4-24(17-41-32)14-23-10-12-46(13-11-23)36(50)27-19-47(20-27)28-7-5-25(6-8-28)35(40)49/h4-9,15-18,21,23,27H,10-14,19-20H2,1-3H3,(H2,40,49)(H,41,42,44,45). The highest BCUT2D eigenvalue weighted by atomic mass is 19.1. The number of nitrogens with zero attached hydrogens (tertiary/aromatic N) is 7. The molecule has 13 heteroatoms. The van der Waals surface area contributed by atoms with Gasteiger partial charge in [-0.3, -0.25) is 9.59 Å². The molecule has 2 aromatic carbocycles. The van der Waals surface area contributed by atoms with Gasteiger partial charge in [0.15, 0.2) is 11.6 Å². The molecule has 0 unspecified atom stereocenters. The Balaban J connectivity index is 0.926. The molecule has 0 atom stereocenters. The third-order valence-corrected chi connectivity index (χ3v) is 9.72. The minimum Gasteiger partial charge on any atom is -0.370 e. The van der Waals surface area contributed by atoms with Crippen molar-refractivity contribution in [3.05, 3.63) is 89.5 Å². The number of nitrogens with two attached hydrogens (primary N) is 1. The molecule has 2 aliphatic rings. The summed E-state index contributed by atoms with van der Waals surface area (Å²) in [6.45, 7) is 8.60. The van der Waals surface area contributed by atoms with Crippen LogP contribution < -0.4 is 16.0 Å². The average Bonchev–Trinajstić information content (AvgIpc) is 3.43. The number of piperidine rings is 1. The van der Waals surface area contributed by atoms with Gasteiger partial charge in [-0.05, 0) is 94.0 Å². The zero-order valence-electron chi connectivity index (χ0n) is 28.2. The quantitative estimate of drug-likeness (QED) is 0.199. The molecule has 3 N–H and O–H groups in total. The normalized spacial score (nSPS) is 15.5. The van der Waals surface area contributed by atoms with Crippen molar-refractivity contribution in [3.63, 3.8) is 0 Å². The molecule has 2 saturated heterocycles. The number of hydrogen-bond acceptors (Lipinski definition) is 8. The van der Waals surface area contributed by atoms with E-state index in [1.807, 2.05) is 60.7 Å². The van der Waals surface area contributed by atoms with E-state index in [1.165, 1.54) is 6.07 Å². The van der Waals surface area contributed by atoms with Crippen LogP contribution in [0.3, 0.4) is 0 Å². The van der Waals surface area contributed by atoms with Crippen LogP contribution in [0, 0.1) is 30.4 Å². The van der Waals surface area contributed by atoms with E-state index in [9.17, 15) is 14.0 Å². The van der Waals surface area contributed by atoms with Crippen LogP contribution in [-0.2, 0) is 11.2 Å². The fraction of sp³-hybridized carbons (Fsp3) is 0.351. The van der Waals surface area contributed by atoms with Crippen molar-refractivity contribution in [1.29, 1.82) is 0 Å². The predicted octanol–water partition coefficient (Wildman–Crippen LogP) is 5.82. The molecule has 258 valence electrons. The number of nitrogens with one attached hydrogen (secondary N) is 1. The lowest BCUT2D eigenvalue weighted by molar-refractivity contribution is -0.137. The molecule has 2 amide bonds. The molecule has 0 aliphatic carbocycles. The first-order valence-corrected chi connectivity index (χ1v) is 16.9. The molecule has 0 spiro atoms. The van der Waals surface area contributed by atoms with E-state index in [0.717, 1.165) is 49.8 Å². The first kappa shape index (κ1) is 33.1. The maximum absolute atomic E-state index is 15.1. The molecule has 0 radical (unpaired) electrons. The summed E-state index contributed by atoms with van der Waals surface area (Å²) in [4.78, 5) is 45.9. The summed E-state index contributed by atoms with van der Waals surface area (Å²) >= 11 is 0.